The topological polar surface area (TPSA) is 90.9 Å². The number of nitrogens with zero attached hydrogens (tertiary/aromatic N) is 3. The van der Waals surface area contributed by atoms with Gasteiger partial charge in [-0.1, -0.05) is 12.1 Å². The fourth-order valence-electron chi connectivity index (χ4n) is 2.53. The first-order chi connectivity index (χ1) is 11.6. The summed E-state index contributed by atoms with van der Waals surface area (Å²) in [5.41, 5.74) is 1.50. The van der Waals surface area contributed by atoms with Gasteiger partial charge in [-0.2, -0.15) is 10.4 Å². The summed E-state index contributed by atoms with van der Waals surface area (Å²) in [5, 5.41) is 26.4. The molecule has 1 atom stereocenters. The molecule has 6 nitrogen and oxygen atoms in total. The smallest absolute Gasteiger partial charge is 0.219 e. The number of hydrogen-bond acceptors (Lipinski definition) is 5. The molecule has 0 bridgehead atoms. The second kappa shape index (κ2) is 6.01. The van der Waals surface area contributed by atoms with Gasteiger partial charge in [-0.25, -0.2) is 9.07 Å². The van der Waals surface area contributed by atoms with Gasteiger partial charge in [0, 0.05) is 11.8 Å². The van der Waals surface area contributed by atoms with Crippen LogP contribution in [0.5, 0.6) is 5.88 Å². The van der Waals surface area contributed by atoms with Crippen LogP contribution < -0.4 is 5.32 Å². The zero-order chi connectivity index (χ0) is 17.3. The predicted molar refractivity (Wildman–Crippen MR) is 84.2 cm³/mol. The number of nitriles is 1. The molecule has 2 aromatic rings. The van der Waals surface area contributed by atoms with E-state index >= 15 is 0 Å². The third-order valence-electron chi connectivity index (χ3n) is 3.86. The number of aldehydes is 1. The lowest BCUT2D eigenvalue weighted by molar-refractivity contribution is -0.104. The Bertz CT molecular complexity index is 921. The van der Waals surface area contributed by atoms with E-state index in [-0.39, 0.29) is 17.0 Å². The number of nitrogens with one attached hydrogen (secondary N) is 1. The van der Waals surface area contributed by atoms with E-state index in [0.717, 1.165) is 0 Å². The molecule has 1 aliphatic rings. The van der Waals surface area contributed by atoms with Gasteiger partial charge in [0.05, 0.1) is 17.3 Å². The third-order valence-corrected chi connectivity index (χ3v) is 3.86. The van der Waals surface area contributed by atoms with Gasteiger partial charge in [0.1, 0.15) is 18.1 Å². The molecule has 120 valence electrons. The maximum Gasteiger partial charge on any atom is 0.219 e. The average molecular weight is 324 g/mol. The number of halogens is 1. The van der Waals surface area contributed by atoms with Gasteiger partial charge in [0.2, 0.25) is 5.88 Å². The maximum atomic E-state index is 14.1. The fourth-order valence-corrected chi connectivity index (χ4v) is 2.53. The summed E-state index contributed by atoms with van der Waals surface area (Å²) in [6, 6.07) is 4.73. The molecule has 24 heavy (non-hydrogen) atoms. The van der Waals surface area contributed by atoms with Crippen molar-refractivity contribution in [1.29, 1.82) is 5.26 Å². The van der Waals surface area contributed by atoms with Gasteiger partial charge in [0.15, 0.2) is 6.29 Å². The Morgan fingerprint density at radius 1 is 1.46 bits per heavy atom. The molecule has 1 unspecified atom stereocenters. The van der Waals surface area contributed by atoms with Crippen LogP contribution in [-0.2, 0) is 4.79 Å². The van der Waals surface area contributed by atoms with Crippen molar-refractivity contribution in [2.75, 3.05) is 0 Å². The van der Waals surface area contributed by atoms with Crippen LogP contribution in [-0.4, -0.2) is 21.2 Å². The summed E-state index contributed by atoms with van der Waals surface area (Å²) >= 11 is 0. The van der Waals surface area contributed by atoms with Crippen LogP contribution in [0, 0.1) is 24.1 Å². The van der Waals surface area contributed by atoms with Crippen molar-refractivity contribution in [2.24, 2.45) is 0 Å². The van der Waals surface area contributed by atoms with E-state index in [9.17, 15) is 14.3 Å². The van der Waals surface area contributed by atoms with Crippen LogP contribution in [0.25, 0.3) is 11.1 Å². The van der Waals surface area contributed by atoms with Crippen LogP contribution >= 0.6 is 0 Å². The zero-order valence-corrected chi connectivity index (χ0v) is 12.7. The number of carbonyl (C=O) groups excluding carboxylic acids is 1. The molecule has 0 spiro atoms. The second-order valence-electron chi connectivity index (χ2n) is 5.27. The van der Waals surface area contributed by atoms with E-state index < -0.39 is 12.0 Å². The molecular formula is C17H13FN4O2. The third kappa shape index (κ3) is 2.44. The first-order valence-electron chi connectivity index (χ1n) is 7.12. The Morgan fingerprint density at radius 3 is 2.88 bits per heavy atom. The van der Waals surface area contributed by atoms with Gasteiger partial charge in [0.25, 0.3) is 0 Å². The Labute approximate surface area is 137 Å². The van der Waals surface area contributed by atoms with Crippen LogP contribution in [0.4, 0.5) is 4.39 Å². The normalized spacial score (nSPS) is 16.2. The van der Waals surface area contributed by atoms with Gasteiger partial charge in [-0.15, -0.1) is 0 Å². The summed E-state index contributed by atoms with van der Waals surface area (Å²) in [6.07, 6.45) is 6.47. The number of carbonyl (C=O) groups is 1. The van der Waals surface area contributed by atoms with Gasteiger partial charge in [-0.05, 0) is 30.2 Å². The SMILES string of the molecule is Cc1c(-c2cnn(C3C=CC(C=O)=CN3)c2O)ccc(C#N)c1F. The largest absolute Gasteiger partial charge is 0.493 e. The Morgan fingerprint density at radius 2 is 2.25 bits per heavy atom. The lowest BCUT2D eigenvalue weighted by Crippen LogP contribution is -2.23. The summed E-state index contributed by atoms with van der Waals surface area (Å²) < 4.78 is 15.4. The van der Waals surface area contributed by atoms with Crippen molar-refractivity contribution in [3.63, 3.8) is 0 Å². The first kappa shape index (κ1) is 15.5. The summed E-state index contributed by atoms with van der Waals surface area (Å²) in [7, 11) is 0. The molecule has 1 aromatic heterocycles. The Balaban J connectivity index is 1.99. The van der Waals surface area contributed by atoms with E-state index in [4.69, 9.17) is 5.26 Å². The minimum Gasteiger partial charge on any atom is -0.493 e. The van der Waals surface area contributed by atoms with E-state index in [1.807, 2.05) is 0 Å². The summed E-state index contributed by atoms with van der Waals surface area (Å²) in [5.74, 6) is -0.760. The number of aromatic hydroxyl groups is 1. The highest BCUT2D eigenvalue weighted by atomic mass is 19.1. The molecule has 0 amide bonds. The van der Waals surface area contributed by atoms with Crippen molar-refractivity contribution in [2.45, 2.75) is 13.1 Å². The van der Waals surface area contributed by atoms with Gasteiger partial charge in [-0.3, -0.25) is 4.79 Å². The number of dihydropyridines is 1. The molecule has 2 N–H and O–H groups in total. The summed E-state index contributed by atoms with van der Waals surface area (Å²) in [6.45, 7) is 1.54. The van der Waals surface area contributed by atoms with Gasteiger partial charge < -0.3 is 10.4 Å². The Kier molecular flexibility index (Phi) is 3.88. The number of benzene rings is 1. The molecule has 7 heteroatoms. The van der Waals surface area contributed by atoms with Crippen molar-refractivity contribution < 1.29 is 14.3 Å². The first-order valence-corrected chi connectivity index (χ1v) is 7.12. The number of hydrogen-bond donors (Lipinski definition) is 2. The lowest BCUT2D eigenvalue weighted by Gasteiger charge is -2.18. The van der Waals surface area contributed by atoms with Crippen LogP contribution in [0.2, 0.25) is 0 Å². The molecule has 1 aromatic carbocycles. The monoisotopic (exact) mass is 324 g/mol. The molecule has 3 rings (SSSR count). The quantitative estimate of drug-likeness (QED) is 0.846. The fraction of sp³-hybridized carbons (Fsp3) is 0.118. The van der Waals surface area contributed by atoms with Crippen molar-refractivity contribution in [3.05, 3.63) is 59.2 Å². The molecule has 0 radical (unpaired) electrons. The molecule has 0 saturated carbocycles. The number of aromatic nitrogens is 2. The molecule has 0 fully saturated rings. The Hall–Kier alpha value is -3.40. The molecular weight excluding hydrogens is 311 g/mol. The van der Waals surface area contributed by atoms with Gasteiger partial charge >= 0.3 is 0 Å². The molecule has 0 aliphatic carbocycles. The molecule has 2 heterocycles. The highest BCUT2D eigenvalue weighted by Gasteiger charge is 2.20. The van der Waals surface area contributed by atoms with Crippen molar-refractivity contribution in [3.8, 4) is 23.1 Å². The van der Waals surface area contributed by atoms with Crippen molar-refractivity contribution >= 4 is 6.29 Å². The van der Waals surface area contributed by atoms with E-state index in [1.165, 1.54) is 23.1 Å². The molecule has 1 aliphatic heterocycles. The van der Waals surface area contributed by atoms with Crippen LogP contribution in [0.15, 0.2) is 42.3 Å². The van der Waals surface area contributed by atoms with Crippen LogP contribution in [0.3, 0.4) is 0 Å². The lowest BCUT2D eigenvalue weighted by atomic mass is 10.00. The highest BCUT2D eigenvalue weighted by molar-refractivity contribution is 5.77. The highest BCUT2D eigenvalue weighted by Crippen LogP contribution is 2.34. The van der Waals surface area contributed by atoms with Crippen LogP contribution in [0.1, 0.15) is 17.3 Å². The zero-order valence-electron chi connectivity index (χ0n) is 12.7. The van der Waals surface area contributed by atoms with E-state index in [1.54, 1.807) is 31.2 Å². The van der Waals surface area contributed by atoms with Crippen molar-refractivity contribution in [1.82, 2.24) is 15.1 Å². The average Bonchev–Trinajstić information content (AvgIpc) is 2.99. The maximum absolute atomic E-state index is 14.1. The second-order valence-corrected chi connectivity index (χ2v) is 5.27. The predicted octanol–water partition coefficient (Wildman–Crippen LogP) is 2.32. The minimum absolute atomic E-state index is 0.0495. The molecule has 0 saturated heterocycles. The number of allylic oxidation sites excluding steroid dienone is 2. The minimum atomic E-state index is -0.614. The standard InChI is InChI=1S/C17H13FN4O2/c1-10-13(4-3-12(6-19)16(10)18)14-8-21-22(17(14)24)15-5-2-11(9-23)7-20-15/h2-5,7-9,15,20,24H,1H3. The summed E-state index contributed by atoms with van der Waals surface area (Å²) in [4.78, 5) is 10.7. The number of rotatable bonds is 3. The van der Waals surface area contributed by atoms with E-state index in [2.05, 4.69) is 10.4 Å². The van der Waals surface area contributed by atoms with E-state index in [0.29, 0.717) is 23.0 Å².